The lowest BCUT2D eigenvalue weighted by Gasteiger charge is -2.30. The van der Waals surface area contributed by atoms with Gasteiger partial charge in [-0.1, -0.05) is 27.7 Å². The first-order valence-corrected chi connectivity index (χ1v) is 8.62. The molecule has 1 fully saturated rings. The fraction of sp³-hybridized carbons (Fsp3) is 0.667. The van der Waals surface area contributed by atoms with Crippen molar-refractivity contribution in [3.8, 4) is 0 Å². The van der Waals surface area contributed by atoms with Crippen LogP contribution in [0.5, 0.6) is 0 Å². The van der Waals surface area contributed by atoms with Gasteiger partial charge < -0.3 is 20.0 Å². The smallest absolute Gasteiger partial charge is 0.315 e. The van der Waals surface area contributed by atoms with E-state index in [1.165, 1.54) is 0 Å². The van der Waals surface area contributed by atoms with Gasteiger partial charge in [-0.15, -0.1) is 0 Å². The molecule has 2 heterocycles. The molecule has 6 nitrogen and oxygen atoms in total. The number of amides is 3. The van der Waals surface area contributed by atoms with E-state index in [1.54, 1.807) is 0 Å². The number of rotatable bonds is 4. The molecule has 1 aliphatic heterocycles. The third-order valence-corrected chi connectivity index (χ3v) is 4.37. The number of furan rings is 1. The summed E-state index contributed by atoms with van der Waals surface area (Å²) in [5.74, 6) is 1.72. The molecule has 0 unspecified atom stereocenters. The largest absolute Gasteiger partial charge is 0.464 e. The molecule has 0 aromatic carbocycles. The van der Waals surface area contributed by atoms with Gasteiger partial charge >= 0.3 is 6.03 Å². The normalized spacial score (nSPS) is 19.2. The molecule has 1 aromatic heterocycles. The summed E-state index contributed by atoms with van der Waals surface area (Å²) in [5, 5.41) is 6.01. The second-order valence-electron chi connectivity index (χ2n) is 7.54. The molecule has 0 saturated carbocycles. The highest BCUT2D eigenvalue weighted by Gasteiger charge is 2.32. The minimum absolute atomic E-state index is 0.000504. The van der Waals surface area contributed by atoms with Gasteiger partial charge in [0.1, 0.15) is 11.5 Å². The van der Waals surface area contributed by atoms with Crippen LogP contribution in [0.15, 0.2) is 16.5 Å². The van der Waals surface area contributed by atoms with E-state index in [-0.39, 0.29) is 29.4 Å². The number of hydrogen-bond donors (Lipinski definition) is 2. The summed E-state index contributed by atoms with van der Waals surface area (Å²) in [6.45, 7) is 11.2. The van der Waals surface area contributed by atoms with E-state index >= 15 is 0 Å². The van der Waals surface area contributed by atoms with E-state index < -0.39 is 0 Å². The predicted molar refractivity (Wildman–Crippen MR) is 92.6 cm³/mol. The Morgan fingerprint density at radius 1 is 1.38 bits per heavy atom. The first-order valence-electron chi connectivity index (χ1n) is 8.62. The maximum atomic E-state index is 12.4. The Morgan fingerprint density at radius 3 is 2.62 bits per heavy atom. The molecule has 24 heavy (non-hydrogen) atoms. The number of carbonyl (C=O) groups excluding carboxylic acids is 2. The molecule has 1 saturated heterocycles. The molecule has 1 aliphatic rings. The van der Waals surface area contributed by atoms with Crippen LogP contribution < -0.4 is 10.6 Å². The first kappa shape index (κ1) is 18.4. The Kier molecular flexibility index (Phi) is 5.57. The highest BCUT2D eigenvalue weighted by Crippen LogP contribution is 2.33. The van der Waals surface area contributed by atoms with Crippen molar-refractivity contribution in [1.82, 2.24) is 15.5 Å². The third-order valence-electron chi connectivity index (χ3n) is 4.37. The van der Waals surface area contributed by atoms with Gasteiger partial charge in [0.25, 0.3) is 0 Å². The zero-order chi connectivity index (χ0) is 17.9. The molecule has 2 N–H and O–H groups in total. The van der Waals surface area contributed by atoms with Gasteiger partial charge in [0.05, 0.1) is 6.04 Å². The quantitative estimate of drug-likeness (QED) is 0.888. The molecule has 0 bridgehead atoms. The predicted octanol–water partition coefficient (Wildman–Crippen LogP) is 2.99. The van der Waals surface area contributed by atoms with Crippen molar-refractivity contribution < 1.29 is 14.0 Å². The number of nitrogens with one attached hydrogen (secondary N) is 2. The van der Waals surface area contributed by atoms with Crippen LogP contribution in [0.4, 0.5) is 4.79 Å². The summed E-state index contributed by atoms with van der Waals surface area (Å²) in [6.07, 6.45) is 1.29. The summed E-state index contributed by atoms with van der Waals surface area (Å²) in [7, 11) is 0. The van der Waals surface area contributed by atoms with Gasteiger partial charge in [-0.05, 0) is 30.9 Å². The van der Waals surface area contributed by atoms with Crippen LogP contribution in [0.2, 0.25) is 0 Å². The summed E-state index contributed by atoms with van der Waals surface area (Å²) < 4.78 is 5.71. The second-order valence-corrected chi connectivity index (χ2v) is 7.54. The Balaban J connectivity index is 1.95. The lowest BCUT2D eigenvalue weighted by atomic mass is 9.85. The van der Waals surface area contributed by atoms with E-state index in [0.717, 1.165) is 17.9 Å². The minimum atomic E-state index is -0.222. The van der Waals surface area contributed by atoms with Crippen molar-refractivity contribution in [2.24, 2.45) is 5.41 Å². The summed E-state index contributed by atoms with van der Waals surface area (Å²) in [4.78, 5) is 25.9. The van der Waals surface area contributed by atoms with Gasteiger partial charge in [0.2, 0.25) is 5.91 Å². The standard InChI is InChI=1S/C18H29N3O3/c1-6-15(22)21-10-9-13(11-21)19-17(23)20-16(18(3,4)5)14-8-7-12(2)24-14/h7-8,13,16H,6,9-11H2,1-5H3,(H2,19,20,23)/t13-,16-/m0/s1. The number of urea groups is 1. The van der Waals surface area contributed by atoms with Gasteiger partial charge in [0, 0.05) is 25.6 Å². The number of nitrogens with zero attached hydrogens (tertiary/aromatic N) is 1. The Hall–Kier alpha value is -1.98. The van der Waals surface area contributed by atoms with Crippen molar-refractivity contribution >= 4 is 11.9 Å². The minimum Gasteiger partial charge on any atom is -0.464 e. The van der Waals surface area contributed by atoms with Crippen LogP contribution in [0.1, 0.15) is 58.1 Å². The van der Waals surface area contributed by atoms with E-state index in [4.69, 9.17) is 4.42 Å². The van der Waals surface area contributed by atoms with Crippen molar-refractivity contribution in [3.63, 3.8) is 0 Å². The molecular weight excluding hydrogens is 306 g/mol. The summed E-state index contributed by atoms with van der Waals surface area (Å²) >= 11 is 0. The SMILES string of the molecule is CCC(=O)N1CC[C@H](NC(=O)N[C@@H](c2ccc(C)o2)C(C)(C)C)C1. The van der Waals surface area contributed by atoms with Gasteiger partial charge in [-0.2, -0.15) is 0 Å². The molecular formula is C18H29N3O3. The Bertz CT molecular complexity index is 589. The zero-order valence-electron chi connectivity index (χ0n) is 15.3. The first-order chi connectivity index (χ1) is 11.2. The van der Waals surface area contributed by atoms with Crippen LogP contribution in [-0.4, -0.2) is 36.0 Å². The van der Waals surface area contributed by atoms with Crippen LogP contribution >= 0.6 is 0 Å². The number of hydrogen-bond acceptors (Lipinski definition) is 3. The lowest BCUT2D eigenvalue weighted by molar-refractivity contribution is -0.129. The van der Waals surface area contributed by atoms with Gasteiger partial charge in [-0.25, -0.2) is 4.79 Å². The average Bonchev–Trinajstić information content (AvgIpc) is 3.12. The van der Waals surface area contributed by atoms with Crippen LogP contribution in [0, 0.1) is 12.3 Å². The van der Waals surface area contributed by atoms with Gasteiger partial charge in [-0.3, -0.25) is 4.79 Å². The third kappa shape index (κ3) is 4.52. The Morgan fingerprint density at radius 2 is 2.08 bits per heavy atom. The average molecular weight is 335 g/mol. The number of likely N-dealkylation sites (tertiary alicyclic amines) is 1. The summed E-state index contributed by atoms with van der Waals surface area (Å²) in [6, 6.07) is 3.36. The van der Waals surface area contributed by atoms with E-state index in [9.17, 15) is 9.59 Å². The maximum Gasteiger partial charge on any atom is 0.315 e. The van der Waals surface area contributed by atoms with Crippen molar-refractivity contribution in [1.29, 1.82) is 0 Å². The zero-order valence-corrected chi connectivity index (χ0v) is 15.3. The van der Waals surface area contributed by atoms with Crippen LogP contribution in [-0.2, 0) is 4.79 Å². The van der Waals surface area contributed by atoms with E-state index in [0.29, 0.717) is 19.5 Å². The van der Waals surface area contributed by atoms with E-state index in [2.05, 4.69) is 31.4 Å². The molecule has 0 aliphatic carbocycles. The lowest BCUT2D eigenvalue weighted by Crippen LogP contribution is -2.47. The molecule has 2 rings (SSSR count). The molecule has 1 aromatic rings. The molecule has 0 radical (unpaired) electrons. The van der Waals surface area contributed by atoms with Gasteiger partial charge in [0.15, 0.2) is 0 Å². The molecule has 3 amide bonds. The molecule has 134 valence electrons. The van der Waals surface area contributed by atoms with Crippen molar-refractivity contribution in [3.05, 3.63) is 23.7 Å². The fourth-order valence-electron chi connectivity index (χ4n) is 3.01. The van der Waals surface area contributed by atoms with Crippen molar-refractivity contribution in [2.45, 2.75) is 59.5 Å². The summed E-state index contributed by atoms with van der Waals surface area (Å²) in [5.41, 5.74) is -0.179. The van der Waals surface area contributed by atoms with Crippen LogP contribution in [0.3, 0.4) is 0 Å². The molecule has 0 spiro atoms. The van der Waals surface area contributed by atoms with Crippen LogP contribution in [0.25, 0.3) is 0 Å². The highest BCUT2D eigenvalue weighted by molar-refractivity contribution is 5.77. The topological polar surface area (TPSA) is 74.6 Å². The number of carbonyl (C=O) groups is 2. The van der Waals surface area contributed by atoms with E-state index in [1.807, 2.05) is 30.9 Å². The number of aryl methyl sites for hydroxylation is 1. The Labute approximate surface area is 144 Å². The monoisotopic (exact) mass is 335 g/mol. The molecule has 2 atom stereocenters. The van der Waals surface area contributed by atoms with Crippen molar-refractivity contribution in [2.75, 3.05) is 13.1 Å². The second kappa shape index (κ2) is 7.28. The maximum absolute atomic E-state index is 12.4. The molecule has 6 heteroatoms. The fourth-order valence-corrected chi connectivity index (χ4v) is 3.01. The highest BCUT2D eigenvalue weighted by atomic mass is 16.3.